The maximum absolute atomic E-state index is 14.6. The number of benzene rings is 4. The van der Waals surface area contributed by atoms with Gasteiger partial charge in [-0.1, -0.05) is 91.2 Å². The largest absolute Gasteiger partial charge is 0.493 e. The van der Waals surface area contributed by atoms with E-state index in [1.54, 1.807) is 24.3 Å². The minimum absolute atomic E-state index is 0.0725. The number of amides is 2. The molecule has 254 valence electrons. The number of rotatable bonds is 16. The molecule has 0 heterocycles. The van der Waals surface area contributed by atoms with Crippen LogP contribution in [0.15, 0.2) is 102 Å². The number of carbonyl (C=O) groups excluding carboxylic acids is 2. The van der Waals surface area contributed by atoms with Crippen molar-refractivity contribution in [2.45, 2.75) is 57.5 Å². The first-order valence-corrected chi connectivity index (χ1v) is 17.5. The fourth-order valence-corrected chi connectivity index (χ4v) is 6.72. The zero-order chi connectivity index (χ0) is 34.7. The second kappa shape index (κ2) is 16.8. The number of nitrogens with zero attached hydrogens (tertiary/aromatic N) is 2. The van der Waals surface area contributed by atoms with E-state index in [1.165, 1.54) is 37.3 Å². The summed E-state index contributed by atoms with van der Waals surface area (Å²) in [6.45, 7) is 5.95. The second-order valence-electron chi connectivity index (χ2n) is 11.7. The van der Waals surface area contributed by atoms with E-state index in [-0.39, 0.29) is 29.5 Å². The smallest absolute Gasteiger partial charge is 0.264 e. The molecule has 2 amide bonds. The number of hydrogen-bond donors (Lipinski definition) is 1. The molecule has 9 nitrogen and oxygen atoms in total. The van der Waals surface area contributed by atoms with Crippen molar-refractivity contribution in [1.29, 1.82) is 0 Å². The van der Waals surface area contributed by atoms with Crippen molar-refractivity contribution in [2.75, 3.05) is 31.6 Å². The summed E-state index contributed by atoms with van der Waals surface area (Å²) in [5.74, 6) is -0.206. The molecular weight excluding hydrogens is 627 g/mol. The second-order valence-corrected chi connectivity index (χ2v) is 13.6. The minimum Gasteiger partial charge on any atom is -0.493 e. The minimum atomic E-state index is -4.30. The highest BCUT2D eigenvalue weighted by atomic mass is 32.2. The number of anilines is 1. The Morgan fingerprint density at radius 3 is 2.02 bits per heavy atom. The SMILES string of the molecule is CCCCNC(=O)[C@@H](Cc1ccccc1)N(Cc1ccc(C)cc1)C(=O)CN(c1ccc(C)cc1)S(=O)(=O)c1ccc(OC)c(OC)c1. The van der Waals surface area contributed by atoms with Crippen molar-refractivity contribution in [3.8, 4) is 11.5 Å². The van der Waals surface area contributed by atoms with E-state index in [0.717, 1.165) is 39.4 Å². The summed E-state index contributed by atoms with van der Waals surface area (Å²) >= 11 is 0. The zero-order valence-corrected chi connectivity index (χ0v) is 29.1. The normalized spacial score (nSPS) is 11.8. The summed E-state index contributed by atoms with van der Waals surface area (Å²) in [6.07, 6.45) is 1.94. The van der Waals surface area contributed by atoms with Gasteiger partial charge in [-0.3, -0.25) is 13.9 Å². The fourth-order valence-electron chi connectivity index (χ4n) is 5.29. The number of aryl methyl sites for hydroxylation is 2. The molecule has 4 aromatic rings. The van der Waals surface area contributed by atoms with Gasteiger partial charge >= 0.3 is 0 Å². The van der Waals surface area contributed by atoms with Crippen LogP contribution in [0.5, 0.6) is 11.5 Å². The Morgan fingerprint density at radius 2 is 1.42 bits per heavy atom. The number of sulfonamides is 1. The van der Waals surface area contributed by atoms with Crippen molar-refractivity contribution in [3.63, 3.8) is 0 Å². The number of carbonyl (C=O) groups is 2. The first-order chi connectivity index (χ1) is 23.1. The van der Waals surface area contributed by atoms with E-state index < -0.39 is 28.5 Å². The Hall–Kier alpha value is -4.83. The Labute approximate surface area is 284 Å². The number of ether oxygens (including phenoxy) is 2. The molecule has 0 spiro atoms. The van der Waals surface area contributed by atoms with Crippen molar-refractivity contribution in [1.82, 2.24) is 10.2 Å². The Morgan fingerprint density at radius 1 is 0.792 bits per heavy atom. The fraction of sp³-hybridized carbons (Fsp3) is 0.316. The summed E-state index contributed by atoms with van der Waals surface area (Å²) in [6, 6.07) is 27.6. The molecule has 0 aliphatic rings. The van der Waals surface area contributed by atoms with Crippen LogP contribution in [0, 0.1) is 13.8 Å². The number of methoxy groups -OCH3 is 2. The van der Waals surface area contributed by atoms with Crippen LogP contribution in [0.3, 0.4) is 0 Å². The maximum atomic E-state index is 14.6. The van der Waals surface area contributed by atoms with Crippen LogP contribution in [-0.2, 0) is 32.6 Å². The van der Waals surface area contributed by atoms with Crippen LogP contribution in [-0.4, -0.2) is 58.5 Å². The van der Waals surface area contributed by atoms with Gasteiger partial charge in [-0.25, -0.2) is 8.42 Å². The standard InChI is InChI=1S/C38H45N3O6S/c1-6-7-23-39-38(43)34(24-30-11-9-8-10-12-30)40(26-31-17-13-28(2)14-18-31)37(42)27-41(32-19-15-29(3)16-20-32)48(44,45)33-21-22-35(46-4)36(25-33)47-5/h8-22,25,34H,6-7,23-24,26-27H2,1-5H3,(H,39,43)/t34-/m1/s1. The summed E-state index contributed by atoms with van der Waals surface area (Å²) in [7, 11) is -1.41. The topological polar surface area (TPSA) is 105 Å². The summed E-state index contributed by atoms with van der Waals surface area (Å²) in [5.41, 5.74) is 4.00. The van der Waals surface area contributed by atoms with Gasteiger partial charge in [-0.15, -0.1) is 0 Å². The molecular formula is C38H45N3O6S. The van der Waals surface area contributed by atoms with E-state index in [0.29, 0.717) is 18.0 Å². The lowest BCUT2D eigenvalue weighted by atomic mass is 10.0. The highest BCUT2D eigenvalue weighted by Crippen LogP contribution is 2.32. The van der Waals surface area contributed by atoms with Gasteiger partial charge in [-0.2, -0.15) is 0 Å². The molecule has 0 saturated carbocycles. The van der Waals surface area contributed by atoms with Gasteiger partial charge in [0.05, 0.1) is 24.8 Å². The van der Waals surface area contributed by atoms with E-state index in [1.807, 2.05) is 75.4 Å². The van der Waals surface area contributed by atoms with Gasteiger partial charge in [0.2, 0.25) is 11.8 Å². The number of nitrogens with one attached hydrogen (secondary N) is 1. The lowest BCUT2D eigenvalue weighted by Crippen LogP contribution is -2.53. The predicted molar refractivity (Wildman–Crippen MR) is 189 cm³/mol. The third-order valence-corrected chi connectivity index (χ3v) is 9.89. The molecule has 4 aromatic carbocycles. The third kappa shape index (κ3) is 9.16. The molecule has 0 aliphatic heterocycles. The Bertz CT molecular complexity index is 1760. The summed E-state index contributed by atoms with van der Waals surface area (Å²) < 4.78 is 40.6. The monoisotopic (exact) mass is 671 g/mol. The average Bonchev–Trinajstić information content (AvgIpc) is 3.10. The van der Waals surface area contributed by atoms with Crippen molar-refractivity contribution in [2.24, 2.45) is 0 Å². The highest BCUT2D eigenvalue weighted by Gasteiger charge is 2.35. The van der Waals surface area contributed by atoms with Crippen LogP contribution in [0.4, 0.5) is 5.69 Å². The molecule has 0 unspecified atom stereocenters. The zero-order valence-electron chi connectivity index (χ0n) is 28.3. The highest BCUT2D eigenvalue weighted by molar-refractivity contribution is 7.92. The van der Waals surface area contributed by atoms with Crippen LogP contribution in [0.1, 0.15) is 42.0 Å². The predicted octanol–water partition coefficient (Wildman–Crippen LogP) is 6.07. The first-order valence-electron chi connectivity index (χ1n) is 16.1. The average molecular weight is 672 g/mol. The summed E-state index contributed by atoms with van der Waals surface area (Å²) in [4.78, 5) is 30.0. The van der Waals surface area contributed by atoms with E-state index in [2.05, 4.69) is 5.32 Å². The number of unbranched alkanes of at least 4 members (excludes halogenated alkanes) is 1. The summed E-state index contributed by atoms with van der Waals surface area (Å²) in [5, 5.41) is 3.01. The van der Waals surface area contributed by atoms with E-state index >= 15 is 0 Å². The third-order valence-electron chi connectivity index (χ3n) is 8.12. The molecule has 10 heteroatoms. The van der Waals surface area contributed by atoms with Gasteiger partial charge in [0.1, 0.15) is 12.6 Å². The molecule has 0 saturated heterocycles. The molecule has 48 heavy (non-hydrogen) atoms. The number of hydrogen-bond acceptors (Lipinski definition) is 6. The first kappa shape index (κ1) is 36.0. The van der Waals surface area contributed by atoms with Crippen molar-refractivity contribution >= 4 is 27.5 Å². The van der Waals surface area contributed by atoms with E-state index in [4.69, 9.17) is 9.47 Å². The molecule has 1 atom stereocenters. The molecule has 0 bridgehead atoms. The van der Waals surface area contributed by atoms with Crippen LogP contribution in [0.2, 0.25) is 0 Å². The molecule has 4 rings (SSSR count). The lowest BCUT2D eigenvalue weighted by Gasteiger charge is -2.34. The Kier molecular flexibility index (Phi) is 12.6. The van der Waals surface area contributed by atoms with Gasteiger partial charge in [0.25, 0.3) is 10.0 Å². The van der Waals surface area contributed by atoms with Crippen molar-refractivity contribution in [3.05, 3.63) is 119 Å². The lowest BCUT2D eigenvalue weighted by molar-refractivity contribution is -0.140. The van der Waals surface area contributed by atoms with Crippen LogP contribution >= 0.6 is 0 Å². The maximum Gasteiger partial charge on any atom is 0.264 e. The molecule has 0 aromatic heterocycles. The molecule has 1 N–H and O–H groups in total. The van der Waals surface area contributed by atoms with Gasteiger partial charge in [0, 0.05) is 25.6 Å². The van der Waals surface area contributed by atoms with Crippen LogP contribution < -0.4 is 19.1 Å². The van der Waals surface area contributed by atoms with E-state index in [9.17, 15) is 18.0 Å². The van der Waals surface area contributed by atoms with Gasteiger partial charge in [0.15, 0.2) is 11.5 Å². The van der Waals surface area contributed by atoms with Gasteiger partial charge < -0.3 is 19.7 Å². The quantitative estimate of drug-likeness (QED) is 0.145. The van der Waals surface area contributed by atoms with Crippen LogP contribution in [0.25, 0.3) is 0 Å². The van der Waals surface area contributed by atoms with Gasteiger partial charge in [-0.05, 0) is 55.7 Å². The molecule has 0 aliphatic carbocycles. The van der Waals surface area contributed by atoms with Crippen molar-refractivity contribution < 1.29 is 27.5 Å². The molecule has 0 radical (unpaired) electrons. The molecule has 0 fully saturated rings. The Balaban J connectivity index is 1.80.